The number of rotatable bonds is 10. The molecule has 1 heterocycles. The second kappa shape index (κ2) is 11.8. The maximum atomic E-state index is 13.4. The zero-order chi connectivity index (χ0) is 24.5. The Morgan fingerprint density at radius 1 is 0.857 bits per heavy atom. The van der Waals surface area contributed by atoms with E-state index in [2.05, 4.69) is 17.2 Å². The summed E-state index contributed by atoms with van der Waals surface area (Å²) in [5.41, 5.74) is 3.36. The SMILES string of the molecule is CCOc1ccc(-c2ccc(=O)n(CC(=O)N(CCc3ccccc3)Cc3ccccc3)n2)cc1. The third-order valence-corrected chi connectivity index (χ3v) is 5.69. The number of benzene rings is 3. The summed E-state index contributed by atoms with van der Waals surface area (Å²) in [6, 6.07) is 30.6. The number of ether oxygens (including phenoxy) is 1. The van der Waals surface area contributed by atoms with Crippen LogP contribution in [0.5, 0.6) is 5.75 Å². The van der Waals surface area contributed by atoms with Crippen molar-refractivity contribution in [2.45, 2.75) is 26.4 Å². The van der Waals surface area contributed by atoms with Crippen molar-refractivity contribution >= 4 is 5.91 Å². The van der Waals surface area contributed by atoms with Crippen molar-refractivity contribution in [3.8, 4) is 17.0 Å². The fourth-order valence-corrected chi connectivity index (χ4v) is 3.84. The number of amides is 1. The van der Waals surface area contributed by atoms with Gasteiger partial charge in [-0.25, -0.2) is 4.68 Å². The summed E-state index contributed by atoms with van der Waals surface area (Å²) in [7, 11) is 0. The van der Waals surface area contributed by atoms with Crippen molar-refractivity contribution in [2.75, 3.05) is 13.2 Å². The van der Waals surface area contributed by atoms with E-state index in [9.17, 15) is 9.59 Å². The molecule has 0 saturated carbocycles. The lowest BCUT2D eigenvalue weighted by Crippen LogP contribution is -2.38. The molecule has 6 nitrogen and oxygen atoms in total. The van der Waals surface area contributed by atoms with Crippen molar-refractivity contribution in [1.29, 1.82) is 0 Å². The highest BCUT2D eigenvalue weighted by molar-refractivity contribution is 5.76. The van der Waals surface area contributed by atoms with Crippen LogP contribution < -0.4 is 10.3 Å². The summed E-state index contributed by atoms with van der Waals surface area (Å²) in [5.74, 6) is 0.623. The number of carbonyl (C=O) groups excluding carboxylic acids is 1. The molecule has 0 fully saturated rings. The lowest BCUT2D eigenvalue weighted by atomic mass is 10.1. The summed E-state index contributed by atoms with van der Waals surface area (Å²) >= 11 is 0. The van der Waals surface area contributed by atoms with Crippen molar-refractivity contribution < 1.29 is 9.53 Å². The standard InChI is InChI=1S/C29H29N3O3/c1-2-35-26-15-13-25(14-16-26)27-17-18-28(33)32(30-27)22-29(34)31(21-24-11-7-4-8-12-24)20-19-23-9-5-3-6-10-23/h3-18H,2,19-22H2,1H3. The number of carbonyl (C=O) groups is 1. The van der Waals surface area contributed by atoms with Gasteiger partial charge >= 0.3 is 0 Å². The van der Waals surface area contributed by atoms with Crippen LogP contribution in [0.2, 0.25) is 0 Å². The van der Waals surface area contributed by atoms with E-state index in [1.165, 1.54) is 10.7 Å². The Hall–Kier alpha value is -4.19. The fourth-order valence-electron chi connectivity index (χ4n) is 3.84. The van der Waals surface area contributed by atoms with Gasteiger partial charge in [-0.2, -0.15) is 5.10 Å². The Morgan fingerprint density at radius 2 is 1.51 bits per heavy atom. The number of nitrogens with zero attached hydrogens (tertiary/aromatic N) is 3. The van der Waals surface area contributed by atoms with E-state index < -0.39 is 0 Å². The average Bonchev–Trinajstić information content (AvgIpc) is 2.89. The van der Waals surface area contributed by atoms with Crippen LogP contribution in [-0.4, -0.2) is 33.7 Å². The van der Waals surface area contributed by atoms with Gasteiger partial charge in [0.15, 0.2) is 0 Å². The Labute approximate surface area is 205 Å². The largest absolute Gasteiger partial charge is 0.494 e. The summed E-state index contributed by atoms with van der Waals surface area (Å²) in [4.78, 5) is 27.7. The topological polar surface area (TPSA) is 64.4 Å². The molecule has 0 spiro atoms. The summed E-state index contributed by atoms with van der Waals surface area (Å²) in [5, 5.41) is 4.48. The van der Waals surface area contributed by atoms with Gasteiger partial charge in [0.25, 0.3) is 5.56 Å². The highest BCUT2D eigenvalue weighted by Gasteiger charge is 2.17. The van der Waals surface area contributed by atoms with Gasteiger partial charge in [-0.15, -0.1) is 0 Å². The first-order valence-corrected chi connectivity index (χ1v) is 11.8. The van der Waals surface area contributed by atoms with Gasteiger partial charge in [-0.1, -0.05) is 60.7 Å². The number of hydrogen-bond acceptors (Lipinski definition) is 4. The average molecular weight is 468 g/mol. The van der Waals surface area contributed by atoms with Gasteiger partial charge in [0.2, 0.25) is 5.91 Å². The quantitative estimate of drug-likeness (QED) is 0.342. The van der Waals surface area contributed by atoms with E-state index >= 15 is 0 Å². The van der Waals surface area contributed by atoms with E-state index in [1.807, 2.05) is 79.7 Å². The maximum absolute atomic E-state index is 13.4. The zero-order valence-electron chi connectivity index (χ0n) is 19.8. The Kier molecular flexibility index (Phi) is 8.07. The first-order valence-electron chi connectivity index (χ1n) is 11.8. The minimum atomic E-state index is -0.309. The molecule has 3 aromatic carbocycles. The van der Waals surface area contributed by atoms with E-state index in [0.717, 1.165) is 28.9 Å². The van der Waals surface area contributed by atoms with Crippen LogP contribution in [-0.2, 0) is 24.3 Å². The zero-order valence-corrected chi connectivity index (χ0v) is 19.8. The molecule has 0 aliphatic carbocycles. The van der Waals surface area contributed by atoms with Crippen LogP contribution in [0.25, 0.3) is 11.3 Å². The van der Waals surface area contributed by atoms with Gasteiger partial charge in [-0.05, 0) is 54.8 Å². The summed E-state index contributed by atoms with van der Waals surface area (Å²) < 4.78 is 6.74. The summed E-state index contributed by atoms with van der Waals surface area (Å²) in [6.45, 7) is 3.42. The van der Waals surface area contributed by atoms with Crippen LogP contribution in [0.4, 0.5) is 0 Å². The molecule has 4 aromatic rings. The smallest absolute Gasteiger partial charge is 0.267 e. The molecule has 4 rings (SSSR count). The Bertz CT molecular complexity index is 1290. The van der Waals surface area contributed by atoms with E-state index in [-0.39, 0.29) is 18.0 Å². The van der Waals surface area contributed by atoms with Gasteiger partial charge < -0.3 is 9.64 Å². The number of aromatic nitrogens is 2. The molecule has 0 atom stereocenters. The molecule has 0 bridgehead atoms. The predicted octanol–water partition coefficient (Wildman–Crippen LogP) is 4.58. The van der Waals surface area contributed by atoms with E-state index in [1.54, 1.807) is 11.0 Å². The van der Waals surface area contributed by atoms with Crippen LogP contribution in [0.15, 0.2) is 102 Å². The molecule has 0 aliphatic heterocycles. The molecule has 0 radical (unpaired) electrons. The first-order chi connectivity index (χ1) is 17.1. The molecule has 35 heavy (non-hydrogen) atoms. The molecule has 1 amide bonds. The molecule has 0 saturated heterocycles. The van der Waals surface area contributed by atoms with Crippen LogP contribution in [0.3, 0.4) is 0 Å². The molecule has 0 aliphatic rings. The van der Waals surface area contributed by atoms with Crippen molar-refractivity contribution in [3.05, 3.63) is 119 Å². The van der Waals surface area contributed by atoms with Crippen molar-refractivity contribution in [1.82, 2.24) is 14.7 Å². The van der Waals surface area contributed by atoms with E-state index in [0.29, 0.717) is 25.4 Å². The molecule has 0 N–H and O–H groups in total. The molecule has 1 aromatic heterocycles. The third kappa shape index (κ3) is 6.67. The minimum Gasteiger partial charge on any atom is -0.494 e. The van der Waals surface area contributed by atoms with Crippen LogP contribution in [0, 0.1) is 0 Å². The molecule has 6 heteroatoms. The lowest BCUT2D eigenvalue weighted by molar-refractivity contribution is -0.132. The van der Waals surface area contributed by atoms with Gasteiger partial charge in [-0.3, -0.25) is 9.59 Å². The Morgan fingerprint density at radius 3 is 2.17 bits per heavy atom. The predicted molar refractivity (Wildman–Crippen MR) is 137 cm³/mol. The highest BCUT2D eigenvalue weighted by Crippen LogP contribution is 2.20. The lowest BCUT2D eigenvalue weighted by Gasteiger charge is -2.23. The van der Waals surface area contributed by atoms with Crippen LogP contribution in [0.1, 0.15) is 18.1 Å². The monoisotopic (exact) mass is 467 g/mol. The van der Waals surface area contributed by atoms with Gasteiger partial charge in [0.05, 0.1) is 12.3 Å². The maximum Gasteiger partial charge on any atom is 0.267 e. The fraction of sp³-hybridized carbons (Fsp3) is 0.207. The van der Waals surface area contributed by atoms with Crippen molar-refractivity contribution in [3.63, 3.8) is 0 Å². The first kappa shape index (κ1) is 24.0. The second-order valence-electron chi connectivity index (χ2n) is 8.21. The normalized spacial score (nSPS) is 10.7. The minimum absolute atomic E-state index is 0.120. The van der Waals surface area contributed by atoms with E-state index in [4.69, 9.17) is 4.74 Å². The van der Waals surface area contributed by atoms with Crippen molar-refractivity contribution in [2.24, 2.45) is 0 Å². The molecular formula is C29H29N3O3. The third-order valence-electron chi connectivity index (χ3n) is 5.69. The number of hydrogen-bond donors (Lipinski definition) is 0. The summed E-state index contributed by atoms with van der Waals surface area (Å²) in [6.07, 6.45) is 0.730. The Balaban J connectivity index is 1.52. The second-order valence-corrected chi connectivity index (χ2v) is 8.21. The molecule has 178 valence electrons. The molecule has 0 unspecified atom stereocenters. The van der Waals surface area contributed by atoms with Gasteiger partial charge in [0.1, 0.15) is 12.3 Å². The van der Waals surface area contributed by atoms with Crippen LogP contribution >= 0.6 is 0 Å². The molecular weight excluding hydrogens is 438 g/mol. The van der Waals surface area contributed by atoms with Gasteiger partial charge in [0, 0.05) is 24.7 Å². The highest BCUT2D eigenvalue weighted by atomic mass is 16.5.